The van der Waals surface area contributed by atoms with Gasteiger partial charge >= 0.3 is 5.97 Å². The summed E-state index contributed by atoms with van der Waals surface area (Å²) in [7, 11) is 0. The van der Waals surface area contributed by atoms with Crippen LogP contribution in [0.25, 0.3) is 10.2 Å². The SMILES string of the molecule is O=C(O)CN1CCCC1c1nc2ccccc2s1. The van der Waals surface area contributed by atoms with Crippen LogP contribution in [-0.2, 0) is 4.79 Å². The number of thiazole rings is 1. The van der Waals surface area contributed by atoms with Crippen molar-refractivity contribution < 1.29 is 9.90 Å². The van der Waals surface area contributed by atoms with Gasteiger partial charge in [0.05, 0.1) is 22.8 Å². The first-order chi connectivity index (χ1) is 8.74. The van der Waals surface area contributed by atoms with E-state index in [0.717, 1.165) is 29.9 Å². The summed E-state index contributed by atoms with van der Waals surface area (Å²) < 4.78 is 1.18. The van der Waals surface area contributed by atoms with Gasteiger partial charge in [-0.25, -0.2) is 4.98 Å². The van der Waals surface area contributed by atoms with Crippen LogP contribution in [0.4, 0.5) is 0 Å². The number of hydrogen-bond acceptors (Lipinski definition) is 4. The van der Waals surface area contributed by atoms with Crippen molar-refractivity contribution in [2.45, 2.75) is 18.9 Å². The lowest BCUT2D eigenvalue weighted by Crippen LogP contribution is -2.29. The maximum atomic E-state index is 10.8. The molecule has 1 aliphatic heterocycles. The Morgan fingerprint density at radius 3 is 3.11 bits per heavy atom. The van der Waals surface area contributed by atoms with Crippen LogP contribution in [0.1, 0.15) is 23.9 Å². The van der Waals surface area contributed by atoms with Crippen molar-refractivity contribution in [3.8, 4) is 0 Å². The van der Waals surface area contributed by atoms with E-state index in [0.29, 0.717) is 0 Å². The molecule has 4 nitrogen and oxygen atoms in total. The van der Waals surface area contributed by atoms with Crippen LogP contribution in [0.15, 0.2) is 24.3 Å². The Morgan fingerprint density at radius 2 is 2.33 bits per heavy atom. The van der Waals surface area contributed by atoms with Crippen LogP contribution in [-0.4, -0.2) is 34.0 Å². The molecule has 1 aromatic heterocycles. The molecule has 1 unspecified atom stereocenters. The summed E-state index contributed by atoms with van der Waals surface area (Å²) in [5.74, 6) is -0.761. The van der Waals surface area contributed by atoms with E-state index >= 15 is 0 Å². The van der Waals surface area contributed by atoms with Gasteiger partial charge in [-0.05, 0) is 31.5 Å². The monoisotopic (exact) mass is 262 g/mol. The summed E-state index contributed by atoms with van der Waals surface area (Å²) in [6, 6.07) is 8.24. The van der Waals surface area contributed by atoms with E-state index in [1.165, 1.54) is 4.70 Å². The molecule has 1 aromatic carbocycles. The van der Waals surface area contributed by atoms with Gasteiger partial charge in [0.15, 0.2) is 0 Å². The molecule has 0 aliphatic carbocycles. The molecule has 0 saturated carbocycles. The van der Waals surface area contributed by atoms with E-state index in [9.17, 15) is 4.79 Å². The number of rotatable bonds is 3. The second-order valence-electron chi connectivity index (χ2n) is 4.54. The van der Waals surface area contributed by atoms with Crippen LogP contribution in [0.2, 0.25) is 0 Å². The number of benzene rings is 1. The van der Waals surface area contributed by atoms with E-state index in [-0.39, 0.29) is 12.6 Å². The summed E-state index contributed by atoms with van der Waals surface area (Å²) in [5.41, 5.74) is 1.01. The molecule has 5 heteroatoms. The van der Waals surface area contributed by atoms with Crippen molar-refractivity contribution in [2.24, 2.45) is 0 Å². The molecule has 1 aliphatic rings. The van der Waals surface area contributed by atoms with Gasteiger partial charge in [-0.15, -0.1) is 11.3 Å². The number of hydrogen-bond donors (Lipinski definition) is 1. The summed E-state index contributed by atoms with van der Waals surface area (Å²) in [6.45, 7) is 0.966. The molecular formula is C13H14N2O2S. The Labute approximate surface area is 109 Å². The van der Waals surface area contributed by atoms with Gasteiger partial charge in [-0.2, -0.15) is 0 Å². The molecular weight excluding hydrogens is 248 g/mol. The Hall–Kier alpha value is -1.46. The number of nitrogens with zero attached hydrogens (tertiary/aromatic N) is 2. The molecule has 1 atom stereocenters. The van der Waals surface area contributed by atoms with Crippen LogP contribution in [0.3, 0.4) is 0 Å². The number of aromatic nitrogens is 1. The Kier molecular flexibility index (Phi) is 3.01. The summed E-state index contributed by atoms with van der Waals surface area (Å²) in [6.07, 6.45) is 2.06. The molecule has 94 valence electrons. The van der Waals surface area contributed by atoms with Crippen LogP contribution in [0.5, 0.6) is 0 Å². The first kappa shape index (κ1) is 11.6. The van der Waals surface area contributed by atoms with Crippen molar-refractivity contribution in [3.63, 3.8) is 0 Å². The standard InChI is InChI=1S/C13H14N2O2S/c16-12(17)8-15-7-3-5-10(15)13-14-9-4-1-2-6-11(9)18-13/h1-2,4,6,10H,3,5,7-8H2,(H,16,17). The normalized spacial score (nSPS) is 20.6. The highest BCUT2D eigenvalue weighted by Gasteiger charge is 2.29. The molecule has 2 aromatic rings. The molecule has 3 rings (SSSR count). The van der Waals surface area contributed by atoms with E-state index in [1.54, 1.807) is 11.3 Å². The van der Waals surface area contributed by atoms with Gasteiger partial charge < -0.3 is 5.11 Å². The fourth-order valence-corrected chi connectivity index (χ4v) is 3.64. The summed E-state index contributed by atoms with van der Waals surface area (Å²) in [5, 5.41) is 9.97. The highest BCUT2D eigenvalue weighted by Crippen LogP contribution is 2.35. The molecule has 2 heterocycles. The highest BCUT2D eigenvalue weighted by molar-refractivity contribution is 7.18. The van der Waals surface area contributed by atoms with Crippen LogP contribution < -0.4 is 0 Å². The zero-order valence-electron chi connectivity index (χ0n) is 9.87. The van der Waals surface area contributed by atoms with Crippen molar-refractivity contribution in [1.29, 1.82) is 0 Å². The van der Waals surface area contributed by atoms with Gasteiger partial charge in [0.1, 0.15) is 5.01 Å². The predicted molar refractivity (Wildman–Crippen MR) is 70.8 cm³/mol. The smallest absolute Gasteiger partial charge is 0.317 e. The van der Waals surface area contributed by atoms with Gasteiger partial charge in [-0.1, -0.05) is 12.1 Å². The molecule has 1 N–H and O–H groups in total. The van der Waals surface area contributed by atoms with Gasteiger partial charge in [0.2, 0.25) is 0 Å². The van der Waals surface area contributed by atoms with E-state index in [2.05, 4.69) is 11.1 Å². The molecule has 0 bridgehead atoms. The van der Waals surface area contributed by atoms with Crippen molar-refractivity contribution in [2.75, 3.05) is 13.1 Å². The average molecular weight is 262 g/mol. The number of carboxylic acids is 1. The van der Waals surface area contributed by atoms with Crippen molar-refractivity contribution in [3.05, 3.63) is 29.3 Å². The maximum Gasteiger partial charge on any atom is 0.317 e. The summed E-state index contributed by atoms with van der Waals surface area (Å²) in [4.78, 5) is 17.5. The third-order valence-electron chi connectivity index (χ3n) is 3.30. The minimum Gasteiger partial charge on any atom is -0.480 e. The number of para-hydroxylation sites is 1. The van der Waals surface area contributed by atoms with E-state index in [4.69, 9.17) is 5.11 Å². The molecule has 0 radical (unpaired) electrons. The third-order valence-corrected chi connectivity index (χ3v) is 4.44. The average Bonchev–Trinajstić information content (AvgIpc) is 2.93. The van der Waals surface area contributed by atoms with Crippen molar-refractivity contribution in [1.82, 2.24) is 9.88 Å². The fourth-order valence-electron chi connectivity index (χ4n) is 2.50. The lowest BCUT2D eigenvalue weighted by molar-refractivity contribution is -0.138. The second-order valence-corrected chi connectivity index (χ2v) is 5.60. The largest absolute Gasteiger partial charge is 0.480 e. The topological polar surface area (TPSA) is 53.4 Å². The number of carbonyl (C=O) groups is 1. The Balaban J connectivity index is 1.90. The number of fused-ring (bicyclic) bond motifs is 1. The first-order valence-electron chi connectivity index (χ1n) is 6.05. The minimum atomic E-state index is -0.761. The molecule has 0 spiro atoms. The van der Waals surface area contributed by atoms with Gasteiger partial charge in [0, 0.05) is 0 Å². The first-order valence-corrected chi connectivity index (χ1v) is 6.87. The van der Waals surface area contributed by atoms with Crippen molar-refractivity contribution >= 4 is 27.5 Å². The summed E-state index contributed by atoms with van der Waals surface area (Å²) >= 11 is 1.68. The van der Waals surface area contributed by atoms with Crippen LogP contribution in [0, 0.1) is 0 Å². The zero-order valence-corrected chi connectivity index (χ0v) is 10.7. The second kappa shape index (κ2) is 4.66. The van der Waals surface area contributed by atoms with Crippen LogP contribution >= 0.6 is 11.3 Å². The van der Waals surface area contributed by atoms with Gasteiger partial charge in [-0.3, -0.25) is 9.69 Å². The lowest BCUT2D eigenvalue weighted by atomic mass is 10.2. The number of carboxylic acid groups (broad SMARTS) is 1. The Bertz CT molecular complexity index is 548. The number of likely N-dealkylation sites (tertiary alicyclic amines) is 1. The molecule has 18 heavy (non-hydrogen) atoms. The zero-order chi connectivity index (χ0) is 12.5. The quantitative estimate of drug-likeness (QED) is 0.923. The van der Waals surface area contributed by atoms with E-state index < -0.39 is 5.97 Å². The fraction of sp³-hybridized carbons (Fsp3) is 0.385. The Morgan fingerprint density at radius 1 is 1.50 bits per heavy atom. The molecule has 1 saturated heterocycles. The molecule has 0 amide bonds. The van der Waals surface area contributed by atoms with Gasteiger partial charge in [0.25, 0.3) is 0 Å². The predicted octanol–water partition coefficient (Wildman–Crippen LogP) is 2.52. The highest BCUT2D eigenvalue weighted by atomic mass is 32.1. The van der Waals surface area contributed by atoms with E-state index in [1.807, 2.05) is 23.1 Å². The molecule has 1 fully saturated rings. The minimum absolute atomic E-state index is 0.112. The lowest BCUT2D eigenvalue weighted by Gasteiger charge is -2.20. The number of aliphatic carboxylic acids is 1. The maximum absolute atomic E-state index is 10.8. The third kappa shape index (κ3) is 2.11.